The van der Waals surface area contributed by atoms with Gasteiger partial charge < -0.3 is 10.1 Å². The summed E-state index contributed by atoms with van der Waals surface area (Å²) in [4.78, 5) is 0. The molecule has 0 aromatic heterocycles. The summed E-state index contributed by atoms with van der Waals surface area (Å²) in [5.41, 5.74) is 3.02. The molecule has 3 unspecified atom stereocenters. The molecular weight excluding hydrogens is 210 g/mol. The average molecular weight is 231 g/mol. The van der Waals surface area contributed by atoms with Gasteiger partial charge in [-0.3, -0.25) is 0 Å². The Kier molecular flexibility index (Phi) is 3.17. The summed E-state index contributed by atoms with van der Waals surface area (Å²) in [7, 11) is 0. The Balaban J connectivity index is 1.57. The van der Waals surface area contributed by atoms with Crippen molar-refractivity contribution < 1.29 is 4.74 Å². The minimum Gasteiger partial charge on any atom is -0.374 e. The lowest BCUT2D eigenvalue weighted by molar-refractivity contribution is 0.0543. The summed E-state index contributed by atoms with van der Waals surface area (Å²) < 4.78 is 5.85. The molecule has 3 rings (SSSR count). The molecule has 0 bridgehead atoms. The topological polar surface area (TPSA) is 21.3 Å². The summed E-state index contributed by atoms with van der Waals surface area (Å²) >= 11 is 0. The lowest BCUT2D eigenvalue weighted by Crippen LogP contribution is -2.29. The summed E-state index contributed by atoms with van der Waals surface area (Å²) in [5.74, 6) is 0. The van der Waals surface area contributed by atoms with E-state index in [1.807, 2.05) is 0 Å². The highest BCUT2D eigenvalue weighted by atomic mass is 16.5. The van der Waals surface area contributed by atoms with Crippen LogP contribution in [0.15, 0.2) is 24.3 Å². The van der Waals surface area contributed by atoms with Gasteiger partial charge >= 0.3 is 0 Å². The van der Waals surface area contributed by atoms with Gasteiger partial charge in [0.05, 0.1) is 12.2 Å². The van der Waals surface area contributed by atoms with Gasteiger partial charge in [0.2, 0.25) is 0 Å². The maximum absolute atomic E-state index is 5.85. The third-order valence-electron chi connectivity index (χ3n) is 4.04. The first kappa shape index (κ1) is 11.2. The van der Waals surface area contributed by atoms with Gasteiger partial charge in [-0.2, -0.15) is 0 Å². The van der Waals surface area contributed by atoms with Crippen molar-refractivity contribution in [1.82, 2.24) is 5.32 Å². The Morgan fingerprint density at radius 2 is 2.12 bits per heavy atom. The Hall–Kier alpha value is -0.860. The number of rotatable bonds is 3. The predicted octanol–water partition coefficient (Wildman–Crippen LogP) is 2.83. The van der Waals surface area contributed by atoms with Crippen LogP contribution in [-0.4, -0.2) is 18.8 Å². The Morgan fingerprint density at radius 1 is 1.24 bits per heavy atom. The number of hydrogen-bond acceptors (Lipinski definition) is 2. The number of ether oxygens (including phenoxy) is 1. The van der Waals surface area contributed by atoms with Crippen molar-refractivity contribution in [2.45, 2.75) is 50.9 Å². The van der Waals surface area contributed by atoms with Crippen LogP contribution in [0.5, 0.6) is 0 Å². The molecule has 0 spiro atoms. The third-order valence-corrected chi connectivity index (χ3v) is 4.04. The van der Waals surface area contributed by atoms with E-state index in [9.17, 15) is 0 Å². The first-order valence-electron chi connectivity index (χ1n) is 6.79. The van der Waals surface area contributed by atoms with Gasteiger partial charge in [-0.05, 0) is 43.7 Å². The number of fused-ring (bicyclic) bond motifs is 1. The molecule has 0 amide bonds. The average Bonchev–Trinajstić information content (AvgIpc) is 2.93. The highest BCUT2D eigenvalue weighted by Gasteiger charge is 2.25. The number of nitrogens with one attached hydrogen (secondary N) is 1. The van der Waals surface area contributed by atoms with Crippen LogP contribution < -0.4 is 5.32 Å². The fourth-order valence-electron chi connectivity index (χ4n) is 3.08. The molecule has 2 nitrogen and oxygen atoms in total. The van der Waals surface area contributed by atoms with E-state index in [2.05, 4.69) is 36.5 Å². The zero-order valence-electron chi connectivity index (χ0n) is 10.5. The molecule has 1 N–H and O–H groups in total. The van der Waals surface area contributed by atoms with Crippen LogP contribution in [0.3, 0.4) is 0 Å². The van der Waals surface area contributed by atoms with Gasteiger partial charge in [0.25, 0.3) is 0 Å². The van der Waals surface area contributed by atoms with Crippen molar-refractivity contribution >= 4 is 0 Å². The molecule has 1 saturated heterocycles. The van der Waals surface area contributed by atoms with Gasteiger partial charge in [0.1, 0.15) is 0 Å². The first-order chi connectivity index (χ1) is 8.33. The first-order valence-corrected chi connectivity index (χ1v) is 6.79. The zero-order chi connectivity index (χ0) is 11.7. The smallest absolute Gasteiger partial charge is 0.0704 e. The second-order valence-electron chi connectivity index (χ2n) is 5.34. The molecule has 0 saturated carbocycles. The van der Waals surface area contributed by atoms with Gasteiger partial charge in [0, 0.05) is 12.6 Å². The van der Waals surface area contributed by atoms with Crippen LogP contribution in [0.25, 0.3) is 0 Å². The van der Waals surface area contributed by atoms with Gasteiger partial charge in [0.15, 0.2) is 0 Å². The van der Waals surface area contributed by atoms with Gasteiger partial charge in [-0.15, -0.1) is 0 Å². The van der Waals surface area contributed by atoms with Crippen molar-refractivity contribution in [1.29, 1.82) is 0 Å². The molecule has 1 aliphatic carbocycles. The zero-order valence-corrected chi connectivity index (χ0v) is 10.5. The molecule has 92 valence electrons. The highest BCUT2D eigenvalue weighted by Crippen LogP contribution is 2.31. The molecule has 0 radical (unpaired) electrons. The standard InChI is InChI=1S/C15H21NO/c1-11-6-8-13(17-11)10-16-15-9-7-12-4-2-3-5-14(12)15/h2-5,11,13,15-16H,6-10H2,1H3. The Labute approximate surface area is 103 Å². The second kappa shape index (κ2) is 4.79. The molecule has 17 heavy (non-hydrogen) atoms. The molecule has 2 heteroatoms. The molecule has 1 aliphatic heterocycles. The van der Waals surface area contributed by atoms with Gasteiger partial charge in [-0.25, -0.2) is 0 Å². The van der Waals surface area contributed by atoms with Crippen molar-refractivity contribution in [2.24, 2.45) is 0 Å². The van der Waals surface area contributed by atoms with Crippen molar-refractivity contribution in [3.63, 3.8) is 0 Å². The minimum absolute atomic E-state index is 0.428. The fourth-order valence-corrected chi connectivity index (χ4v) is 3.08. The molecule has 1 fully saturated rings. The van der Waals surface area contributed by atoms with E-state index in [0.717, 1.165) is 6.54 Å². The van der Waals surface area contributed by atoms with Crippen molar-refractivity contribution in [3.05, 3.63) is 35.4 Å². The molecule has 3 atom stereocenters. The third kappa shape index (κ3) is 2.38. The quantitative estimate of drug-likeness (QED) is 0.863. The number of aryl methyl sites for hydroxylation is 1. The molecular formula is C15H21NO. The van der Waals surface area contributed by atoms with Gasteiger partial charge in [-0.1, -0.05) is 24.3 Å². The molecule has 1 aromatic carbocycles. The lowest BCUT2D eigenvalue weighted by atomic mass is 10.1. The van der Waals surface area contributed by atoms with E-state index >= 15 is 0 Å². The van der Waals surface area contributed by atoms with E-state index in [4.69, 9.17) is 4.74 Å². The summed E-state index contributed by atoms with van der Waals surface area (Å²) in [5, 5.41) is 3.68. The summed E-state index contributed by atoms with van der Waals surface area (Å²) in [6, 6.07) is 9.35. The fraction of sp³-hybridized carbons (Fsp3) is 0.600. The van der Waals surface area contributed by atoms with Crippen LogP contribution in [0.4, 0.5) is 0 Å². The monoisotopic (exact) mass is 231 g/mol. The van der Waals surface area contributed by atoms with Crippen molar-refractivity contribution in [3.8, 4) is 0 Å². The van der Waals surface area contributed by atoms with E-state index in [-0.39, 0.29) is 0 Å². The van der Waals surface area contributed by atoms with E-state index in [1.54, 1.807) is 0 Å². The number of hydrogen-bond donors (Lipinski definition) is 1. The summed E-state index contributed by atoms with van der Waals surface area (Å²) in [6.07, 6.45) is 5.77. The van der Waals surface area contributed by atoms with Crippen LogP contribution in [-0.2, 0) is 11.2 Å². The summed E-state index contributed by atoms with van der Waals surface area (Å²) in [6.45, 7) is 3.17. The Morgan fingerprint density at radius 3 is 2.94 bits per heavy atom. The van der Waals surface area contributed by atoms with Crippen LogP contribution >= 0.6 is 0 Å². The largest absolute Gasteiger partial charge is 0.374 e. The Bertz CT molecular complexity index is 390. The van der Waals surface area contributed by atoms with Crippen LogP contribution in [0, 0.1) is 0 Å². The predicted molar refractivity (Wildman–Crippen MR) is 69.1 cm³/mol. The normalized spacial score (nSPS) is 31.7. The van der Waals surface area contributed by atoms with E-state index < -0.39 is 0 Å². The maximum atomic E-state index is 5.85. The van der Waals surface area contributed by atoms with Crippen molar-refractivity contribution in [2.75, 3.05) is 6.54 Å². The molecule has 1 heterocycles. The second-order valence-corrected chi connectivity index (χ2v) is 5.34. The molecule has 1 aromatic rings. The highest BCUT2D eigenvalue weighted by molar-refractivity contribution is 5.34. The minimum atomic E-state index is 0.428. The SMILES string of the molecule is CC1CCC(CNC2CCc3ccccc32)O1. The molecule has 2 aliphatic rings. The van der Waals surface area contributed by atoms with Crippen LogP contribution in [0.2, 0.25) is 0 Å². The number of benzene rings is 1. The maximum Gasteiger partial charge on any atom is 0.0704 e. The van der Waals surface area contributed by atoms with E-state index in [1.165, 1.54) is 36.8 Å². The lowest BCUT2D eigenvalue weighted by Gasteiger charge is -2.17. The van der Waals surface area contributed by atoms with Crippen LogP contribution in [0.1, 0.15) is 43.4 Å². The van der Waals surface area contributed by atoms with E-state index in [0.29, 0.717) is 18.2 Å².